The van der Waals surface area contributed by atoms with Gasteiger partial charge in [0, 0.05) is 44.2 Å². The van der Waals surface area contributed by atoms with Gasteiger partial charge in [-0.1, -0.05) is 145 Å². The SMILES string of the molecule is CC(C)(C)c1ccc2c(c1)c1cc(C(C)(C)C)cc3c1n2-c1cc(-c2ccccc2)cc2c1B3N(c1ccc(-c3ccccc3)cc1)c1cc3c(cc1-2)oc1ccccc13. The summed E-state index contributed by atoms with van der Waals surface area (Å²) in [5.74, 6) is 0. The molecule has 2 aromatic heterocycles. The molecule has 0 saturated heterocycles. The average molecular weight is 773 g/mol. The number of aromatic nitrogens is 1. The maximum absolute atomic E-state index is 6.67. The predicted molar refractivity (Wildman–Crippen MR) is 255 cm³/mol. The lowest BCUT2D eigenvalue weighted by Crippen LogP contribution is -2.60. The van der Waals surface area contributed by atoms with E-state index in [-0.39, 0.29) is 17.7 Å². The van der Waals surface area contributed by atoms with Crippen molar-refractivity contribution in [1.29, 1.82) is 0 Å². The number of hydrogen-bond donors (Lipinski definition) is 0. The number of nitrogens with zero attached hydrogens (tertiary/aromatic N) is 2. The Morgan fingerprint density at radius 1 is 0.450 bits per heavy atom. The fraction of sp³-hybridized carbons (Fsp3) is 0.143. The van der Waals surface area contributed by atoms with Crippen molar-refractivity contribution in [2.75, 3.05) is 4.81 Å². The van der Waals surface area contributed by atoms with Gasteiger partial charge in [-0.2, -0.15) is 0 Å². The summed E-state index contributed by atoms with van der Waals surface area (Å²) in [5.41, 5.74) is 20.5. The topological polar surface area (TPSA) is 21.3 Å². The Labute approximate surface area is 351 Å². The second-order valence-corrected chi connectivity index (χ2v) is 19.0. The quantitative estimate of drug-likeness (QED) is 0.167. The van der Waals surface area contributed by atoms with Crippen molar-refractivity contribution in [3.8, 4) is 39.1 Å². The Kier molecular flexibility index (Phi) is 7.26. The fourth-order valence-corrected chi connectivity index (χ4v) is 10.1. The number of hydrogen-bond acceptors (Lipinski definition) is 2. The van der Waals surface area contributed by atoms with Gasteiger partial charge in [0.15, 0.2) is 0 Å². The first-order valence-corrected chi connectivity index (χ1v) is 21.3. The van der Waals surface area contributed by atoms with Crippen LogP contribution in [0.15, 0.2) is 168 Å². The second-order valence-electron chi connectivity index (χ2n) is 19.0. The molecule has 0 fully saturated rings. The number of benzene rings is 8. The van der Waals surface area contributed by atoms with E-state index in [1.54, 1.807) is 0 Å². The van der Waals surface area contributed by atoms with Gasteiger partial charge in [0.1, 0.15) is 11.2 Å². The van der Waals surface area contributed by atoms with Crippen molar-refractivity contribution < 1.29 is 4.42 Å². The van der Waals surface area contributed by atoms with Crippen LogP contribution in [0.2, 0.25) is 0 Å². The minimum Gasteiger partial charge on any atom is -0.456 e. The van der Waals surface area contributed by atoms with E-state index in [2.05, 4.69) is 215 Å². The highest BCUT2D eigenvalue weighted by Gasteiger charge is 2.45. The number of rotatable bonds is 3. The molecule has 0 radical (unpaired) electrons. The highest BCUT2D eigenvalue weighted by atomic mass is 16.3. The molecule has 288 valence electrons. The largest absolute Gasteiger partial charge is 0.456 e. The van der Waals surface area contributed by atoms with Gasteiger partial charge in [0.25, 0.3) is 0 Å². The maximum atomic E-state index is 6.67. The van der Waals surface area contributed by atoms with E-state index in [0.717, 1.165) is 27.6 Å². The fourth-order valence-electron chi connectivity index (χ4n) is 10.1. The standard InChI is InChI=1S/C56H45BN2O/c1-55(2,3)38-23-26-48-42(29-38)46-30-39(56(4,5)6)31-47-54(46)58(48)50-28-37(35-17-11-8-12-18-35)27-45-43-33-52-44(41-19-13-14-20-51(41)60-52)32-49(43)59(57(47)53(45)50)40-24-21-36(22-25-40)34-15-9-7-10-16-34/h7-33H,1-6H3. The molecule has 0 bridgehead atoms. The summed E-state index contributed by atoms with van der Waals surface area (Å²) in [5, 5.41) is 4.89. The Hall–Kier alpha value is -6.78. The van der Waals surface area contributed by atoms with Crippen molar-refractivity contribution >= 4 is 72.9 Å². The van der Waals surface area contributed by atoms with Crippen LogP contribution in [-0.2, 0) is 10.8 Å². The molecule has 0 aliphatic carbocycles. The van der Waals surface area contributed by atoms with Gasteiger partial charge in [-0.05, 0) is 121 Å². The third kappa shape index (κ3) is 5.10. The van der Waals surface area contributed by atoms with Gasteiger partial charge in [-0.25, -0.2) is 0 Å². The number of fused-ring (bicyclic) bond motifs is 10. The van der Waals surface area contributed by atoms with Gasteiger partial charge in [0.05, 0.1) is 11.0 Å². The summed E-state index contributed by atoms with van der Waals surface area (Å²) >= 11 is 0. The Balaban J connectivity index is 1.25. The Morgan fingerprint density at radius 2 is 1.10 bits per heavy atom. The summed E-state index contributed by atoms with van der Waals surface area (Å²) in [4.78, 5) is 2.64. The molecule has 3 nitrogen and oxygen atoms in total. The molecular weight excluding hydrogens is 727 g/mol. The first kappa shape index (κ1) is 35.2. The summed E-state index contributed by atoms with van der Waals surface area (Å²) in [6, 6.07) is 61.2. The van der Waals surface area contributed by atoms with E-state index in [1.807, 2.05) is 0 Å². The molecule has 8 aromatic carbocycles. The molecule has 12 rings (SSSR count). The summed E-state index contributed by atoms with van der Waals surface area (Å²) < 4.78 is 9.27. The van der Waals surface area contributed by atoms with E-state index in [1.165, 1.54) is 88.6 Å². The van der Waals surface area contributed by atoms with Crippen LogP contribution in [-0.4, -0.2) is 11.4 Å². The van der Waals surface area contributed by atoms with Gasteiger partial charge in [0.2, 0.25) is 0 Å². The van der Waals surface area contributed by atoms with E-state index in [0.29, 0.717) is 0 Å². The molecule has 4 heterocycles. The average Bonchev–Trinajstić information content (AvgIpc) is 3.80. The van der Waals surface area contributed by atoms with E-state index >= 15 is 0 Å². The zero-order valence-electron chi connectivity index (χ0n) is 35.0. The van der Waals surface area contributed by atoms with E-state index in [4.69, 9.17) is 4.42 Å². The van der Waals surface area contributed by atoms with Gasteiger partial charge < -0.3 is 13.8 Å². The van der Waals surface area contributed by atoms with Crippen LogP contribution in [0, 0.1) is 0 Å². The van der Waals surface area contributed by atoms with Crippen molar-refractivity contribution in [3.63, 3.8) is 0 Å². The van der Waals surface area contributed by atoms with Crippen molar-refractivity contribution in [2.24, 2.45) is 0 Å². The molecule has 0 spiro atoms. The van der Waals surface area contributed by atoms with Crippen LogP contribution in [0.25, 0.3) is 82.8 Å². The molecule has 0 unspecified atom stereocenters. The molecule has 60 heavy (non-hydrogen) atoms. The molecule has 2 aliphatic rings. The van der Waals surface area contributed by atoms with E-state index < -0.39 is 0 Å². The van der Waals surface area contributed by atoms with Gasteiger partial charge >= 0.3 is 6.85 Å². The lowest BCUT2D eigenvalue weighted by Gasteiger charge is -2.42. The smallest absolute Gasteiger partial charge is 0.333 e. The maximum Gasteiger partial charge on any atom is 0.333 e. The summed E-state index contributed by atoms with van der Waals surface area (Å²) in [6.07, 6.45) is 0. The third-order valence-electron chi connectivity index (χ3n) is 13.3. The number of anilines is 2. The molecule has 2 aliphatic heterocycles. The van der Waals surface area contributed by atoms with Crippen LogP contribution < -0.4 is 15.7 Å². The molecule has 4 heteroatoms. The molecular formula is C56H45BN2O. The minimum absolute atomic E-state index is 0.00964. The van der Waals surface area contributed by atoms with Crippen LogP contribution in [0.4, 0.5) is 11.4 Å². The van der Waals surface area contributed by atoms with Crippen molar-refractivity contribution in [1.82, 2.24) is 4.57 Å². The molecule has 10 aromatic rings. The zero-order valence-corrected chi connectivity index (χ0v) is 35.0. The first-order chi connectivity index (χ1) is 29.0. The Morgan fingerprint density at radius 3 is 1.82 bits per heavy atom. The monoisotopic (exact) mass is 772 g/mol. The van der Waals surface area contributed by atoms with Crippen molar-refractivity contribution in [3.05, 3.63) is 175 Å². The minimum atomic E-state index is -0.103. The van der Waals surface area contributed by atoms with Crippen LogP contribution in [0.1, 0.15) is 52.7 Å². The molecule has 0 N–H and O–H groups in total. The van der Waals surface area contributed by atoms with E-state index in [9.17, 15) is 0 Å². The lowest BCUT2D eigenvalue weighted by atomic mass is 9.43. The first-order valence-electron chi connectivity index (χ1n) is 21.3. The molecule has 0 amide bonds. The molecule has 0 saturated carbocycles. The highest BCUT2D eigenvalue weighted by Crippen LogP contribution is 2.49. The molecule has 0 atom stereocenters. The number of furan rings is 1. The third-order valence-corrected chi connectivity index (χ3v) is 13.3. The zero-order chi connectivity index (χ0) is 40.7. The van der Waals surface area contributed by atoms with Gasteiger partial charge in [-0.3, -0.25) is 0 Å². The van der Waals surface area contributed by atoms with Gasteiger partial charge in [-0.15, -0.1) is 0 Å². The Bertz CT molecular complexity index is 3380. The van der Waals surface area contributed by atoms with Crippen molar-refractivity contribution in [2.45, 2.75) is 52.4 Å². The normalized spacial score (nSPS) is 13.4. The van der Waals surface area contributed by atoms with Crippen LogP contribution in [0.5, 0.6) is 0 Å². The van der Waals surface area contributed by atoms with Crippen LogP contribution in [0.3, 0.4) is 0 Å². The lowest BCUT2D eigenvalue weighted by molar-refractivity contribution is 0.590. The predicted octanol–water partition coefficient (Wildman–Crippen LogP) is 13.8. The van der Waals surface area contributed by atoms with Crippen LogP contribution >= 0.6 is 0 Å². The highest BCUT2D eigenvalue weighted by molar-refractivity contribution is 6.93. The number of para-hydroxylation sites is 1. The second kappa shape index (κ2) is 12.4. The summed E-state index contributed by atoms with van der Waals surface area (Å²) in [7, 11) is 0. The summed E-state index contributed by atoms with van der Waals surface area (Å²) in [6.45, 7) is 13.9.